The van der Waals surface area contributed by atoms with Crippen molar-refractivity contribution in [3.8, 4) is 0 Å². The lowest BCUT2D eigenvalue weighted by Gasteiger charge is -2.05. The molecule has 0 atom stereocenters. The Morgan fingerprint density at radius 2 is 1.92 bits per heavy atom. The van der Waals surface area contributed by atoms with E-state index in [0.29, 0.717) is 0 Å². The first kappa shape index (κ1) is 10.1. The zero-order valence-electron chi connectivity index (χ0n) is 5.62. The Labute approximate surface area is 85.9 Å². The Bertz CT molecular complexity index is 301. The highest BCUT2D eigenvalue weighted by molar-refractivity contribution is 14.1. The van der Waals surface area contributed by atoms with Crippen molar-refractivity contribution < 1.29 is 13.2 Å². The lowest BCUT2D eigenvalue weighted by Crippen LogP contribution is -1.95. The van der Waals surface area contributed by atoms with Gasteiger partial charge in [-0.3, -0.25) is 0 Å². The van der Waals surface area contributed by atoms with Crippen molar-refractivity contribution in [2.24, 2.45) is 0 Å². The Kier molecular flexibility index (Phi) is 3.22. The maximum atomic E-state index is 12.7. The van der Waals surface area contributed by atoms with Gasteiger partial charge in [0.05, 0.1) is 10.6 Å². The lowest BCUT2D eigenvalue weighted by atomic mass is 10.2. The van der Waals surface area contributed by atoms with Crippen molar-refractivity contribution in [3.63, 3.8) is 0 Å². The van der Waals surface area contributed by atoms with E-state index < -0.39 is 17.8 Å². The van der Waals surface area contributed by atoms with Crippen LogP contribution in [0, 0.1) is 9.39 Å². The van der Waals surface area contributed by atoms with E-state index >= 15 is 0 Å². The molecule has 0 saturated carbocycles. The second kappa shape index (κ2) is 3.83. The van der Waals surface area contributed by atoms with E-state index in [-0.39, 0.29) is 8.59 Å². The Morgan fingerprint density at radius 1 is 1.33 bits per heavy atom. The van der Waals surface area contributed by atoms with Gasteiger partial charge in [0, 0.05) is 3.57 Å². The van der Waals surface area contributed by atoms with Crippen molar-refractivity contribution >= 4 is 34.2 Å². The van der Waals surface area contributed by atoms with Gasteiger partial charge in [-0.1, -0.05) is 11.6 Å². The first-order valence-corrected chi connectivity index (χ1v) is 4.41. The maximum Gasteiger partial charge on any atom is 0.267 e. The number of hydrogen-bond donors (Lipinski definition) is 0. The number of rotatable bonds is 1. The molecule has 12 heavy (non-hydrogen) atoms. The summed E-state index contributed by atoms with van der Waals surface area (Å²) in [5.74, 6) is -0.918. The molecular weight excluding hydrogens is 303 g/mol. The van der Waals surface area contributed by atoms with Crippen LogP contribution in [0.1, 0.15) is 12.0 Å². The molecule has 0 spiro atoms. The molecule has 0 aliphatic rings. The third-order valence-corrected chi connectivity index (χ3v) is 3.09. The molecule has 0 aliphatic heterocycles. The molecule has 0 aliphatic carbocycles. The van der Waals surface area contributed by atoms with Crippen LogP contribution in [0.5, 0.6) is 0 Å². The summed E-state index contributed by atoms with van der Waals surface area (Å²) in [5.41, 5.74) is -0.622. The van der Waals surface area contributed by atoms with Gasteiger partial charge in [0.2, 0.25) is 0 Å². The predicted octanol–water partition coefficient (Wildman–Crippen LogP) is 4.02. The summed E-state index contributed by atoms with van der Waals surface area (Å²) < 4.78 is 37.1. The van der Waals surface area contributed by atoms with Crippen LogP contribution in [-0.4, -0.2) is 0 Å². The largest absolute Gasteiger partial charge is 0.267 e. The smallest absolute Gasteiger partial charge is 0.206 e. The SMILES string of the molecule is Fc1ccc(Cl)c(I)c1C(F)F. The minimum atomic E-state index is -2.82. The molecule has 66 valence electrons. The fourth-order valence-electron chi connectivity index (χ4n) is 0.743. The van der Waals surface area contributed by atoms with Gasteiger partial charge >= 0.3 is 0 Å². The highest BCUT2D eigenvalue weighted by Crippen LogP contribution is 2.31. The van der Waals surface area contributed by atoms with Gasteiger partial charge < -0.3 is 0 Å². The summed E-state index contributed by atoms with van der Waals surface area (Å²) >= 11 is 7.12. The molecule has 0 saturated heterocycles. The summed E-state index contributed by atoms with van der Waals surface area (Å²) in [4.78, 5) is 0. The highest BCUT2D eigenvalue weighted by atomic mass is 127. The maximum absolute atomic E-state index is 12.7. The fourth-order valence-corrected chi connectivity index (χ4v) is 1.58. The number of benzene rings is 1. The standard InChI is InChI=1S/C7H3ClF3I/c8-3-1-2-4(9)5(6(3)12)7(10)11/h1-2,7H. The highest BCUT2D eigenvalue weighted by Gasteiger charge is 2.18. The summed E-state index contributed by atoms with van der Waals surface area (Å²) in [7, 11) is 0. The van der Waals surface area contributed by atoms with Crippen LogP contribution in [0.3, 0.4) is 0 Å². The van der Waals surface area contributed by atoms with E-state index in [9.17, 15) is 13.2 Å². The van der Waals surface area contributed by atoms with E-state index in [2.05, 4.69) is 0 Å². The Hall–Kier alpha value is 0.0300. The second-order valence-electron chi connectivity index (χ2n) is 2.06. The minimum absolute atomic E-state index is 0.0734. The molecule has 0 heterocycles. The van der Waals surface area contributed by atoms with Crippen molar-refractivity contribution in [1.29, 1.82) is 0 Å². The first-order valence-electron chi connectivity index (χ1n) is 2.95. The van der Waals surface area contributed by atoms with Gasteiger partial charge in [0.25, 0.3) is 6.43 Å². The molecule has 1 aromatic rings. The topological polar surface area (TPSA) is 0 Å². The first-order chi connectivity index (χ1) is 5.54. The van der Waals surface area contributed by atoms with Gasteiger partial charge in [-0.05, 0) is 34.7 Å². The summed E-state index contributed by atoms with van der Waals surface area (Å²) in [6, 6.07) is 2.19. The zero-order valence-corrected chi connectivity index (χ0v) is 8.54. The molecule has 0 bridgehead atoms. The van der Waals surface area contributed by atoms with Gasteiger partial charge in [0.1, 0.15) is 5.82 Å². The van der Waals surface area contributed by atoms with E-state index in [1.165, 1.54) is 6.07 Å². The predicted molar refractivity (Wildman–Crippen MR) is 49.1 cm³/mol. The van der Waals surface area contributed by atoms with E-state index in [1.807, 2.05) is 0 Å². The van der Waals surface area contributed by atoms with Crippen LogP contribution >= 0.6 is 34.2 Å². The quantitative estimate of drug-likeness (QED) is 0.543. The van der Waals surface area contributed by atoms with Gasteiger partial charge in [-0.2, -0.15) is 0 Å². The molecule has 0 amide bonds. The van der Waals surface area contributed by atoms with Gasteiger partial charge in [-0.25, -0.2) is 13.2 Å². The molecule has 0 aromatic heterocycles. The molecule has 0 N–H and O–H groups in total. The van der Waals surface area contributed by atoms with Crippen LogP contribution in [0.2, 0.25) is 5.02 Å². The van der Waals surface area contributed by atoms with Crippen molar-refractivity contribution in [2.45, 2.75) is 6.43 Å². The van der Waals surface area contributed by atoms with Crippen molar-refractivity contribution in [2.75, 3.05) is 0 Å². The van der Waals surface area contributed by atoms with E-state index in [0.717, 1.165) is 6.07 Å². The summed E-state index contributed by atoms with van der Waals surface area (Å²) in [6.45, 7) is 0. The van der Waals surface area contributed by atoms with E-state index in [4.69, 9.17) is 11.6 Å². The minimum Gasteiger partial charge on any atom is -0.206 e. The number of hydrogen-bond acceptors (Lipinski definition) is 0. The number of alkyl halides is 2. The normalized spacial score (nSPS) is 10.8. The Balaban J connectivity index is 3.33. The Morgan fingerprint density at radius 3 is 2.33 bits per heavy atom. The van der Waals surface area contributed by atoms with Crippen LogP contribution in [0.4, 0.5) is 13.2 Å². The van der Waals surface area contributed by atoms with E-state index in [1.54, 1.807) is 22.6 Å². The summed E-state index contributed by atoms with van der Waals surface area (Å²) in [5, 5.41) is 0.146. The van der Waals surface area contributed by atoms with Gasteiger partial charge in [0.15, 0.2) is 0 Å². The molecule has 0 nitrogen and oxygen atoms in total. The van der Waals surface area contributed by atoms with Crippen LogP contribution in [0.15, 0.2) is 12.1 Å². The molecule has 1 rings (SSSR count). The van der Waals surface area contributed by atoms with Crippen molar-refractivity contribution in [3.05, 3.63) is 32.1 Å². The van der Waals surface area contributed by atoms with Crippen LogP contribution < -0.4 is 0 Å². The molecule has 0 radical (unpaired) electrons. The third-order valence-electron chi connectivity index (χ3n) is 1.30. The summed E-state index contributed by atoms with van der Waals surface area (Å²) in [6.07, 6.45) is -2.82. The molecular formula is C7H3ClF3I. The fraction of sp³-hybridized carbons (Fsp3) is 0.143. The molecule has 5 heteroatoms. The van der Waals surface area contributed by atoms with Crippen molar-refractivity contribution in [1.82, 2.24) is 0 Å². The number of halogens is 5. The van der Waals surface area contributed by atoms with Crippen LogP contribution in [-0.2, 0) is 0 Å². The average Bonchev–Trinajstić information content (AvgIpc) is 1.97. The average molecular weight is 306 g/mol. The molecule has 0 fully saturated rings. The second-order valence-corrected chi connectivity index (χ2v) is 3.54. The monoisotopic (exact) mass is 306 g/mol. The molecule has 0 unspecified atom stereocenters. The molecule has 1 aromatic carbocycles. The van der Waals surface area contributed by atoms with Gasteiger partial charge in [-0.15, -0.1) is 0 Å². The lowest BCUT2D eigenvalue weighted by molar-refractivity contribution is 0.145. The zero-order chi connectivity index (χ0) is 9.30. The third kappa shape index (κ3) is 1.85. The van der Waals surface area contributed by atoms with Crippen LogP contribution in [0.25, 0.3) is 0 Å².